The van der Waals surface area contributed by atoms with Crippen LogP contribution in [0.15, 0.2) is 48.5 Å². The number of carbonyl (C=O) groups excluding carboxylic acids is 2. The largest absolute Gasteiger partial charge is 0.452 e. The van der Waals surface area contributed by atoms with Gasteiger partial charge in [0.05, 0.1) is 16.8 Å². The molecular weight excluding hydrogens is 424 g/mol. The molecule has 2 heterocycles. The minimum Gasteiger partial charge on any atom is -0.452 e. The van der Waals surface area contributed by atoms with Gasteiger partial charge in [0, 0.05) is 18.5 Å². The number of nitrogens with zero attached hydrogens (tertiary/aromatic N) is 2. The summed E-state index contributed by atoms with van der Waals surface area (Å²) < 4.78 is 5.59. The van der Waals surface area contributed by atoms with Crippen molar-refractivity contribution in [2.75, 3.05) is 19.7 Å². The van der Waals surface area contributed by atoms with Crippen LogP contribution in [0.4, 0.5) is 0 Å². The van der Waals surface area contributed by atoms with Crippen molar-refractivity contribution in [1.82, 2.24) is 9.88 Å². The number of hydrogen-bond donors (Lipinski definition) is 0. The number of rotatable bonds is 4. The van der Waals surface area contributed by atoms with Crippen molar-refractivity contribution in [3.8, 4) is 0 Å². The number of allylic oxidation sites excluding steroid dienone is 1. The molecule has 2 aromatic carbocycles. The molecule has 1 amide bonds. The standard InChI is InChI=1S/C29H30N2O3/c1-19-7-9-21(10-8-19)17-22-11-12-24-27(23-5-3-4-6-25(23)30-28(22)24)29(33)34-18-26(32)31-15-13-20(2)14-16-31/h3-10,17,20H,11-16,18H2,1-2H3. The third-order valence-corrected chi connectivity index (χ3v) is 7.03. The molecule has 1 saturated heterocycles. The third-order valence-electron chi connectivity index (χ3n) is 7.03. The number of amides is 1. The number of hydrogen-bond acceptors (Lipinski definition) is 4. The summed E-state index contributed by atoms with van der Waals surface area (Å²) in [7, 11) is 0. The Morgan fingerprint density at radius 3 is 2.56 bits per heavy atom. The van der Waals surface area contributed by atoms with E-state index in [9.17, 15) is 9.59 Å². The predicted molar refractivity (Wildman–Crippen MR) is 134 cm³/mol. The highest BCUT2D eigenvalue weighted by Gasteiger charge is 2.28. The monoisotopic (exact) mass is 454 g/mol. The molecule has 1 aromatic heterocycles. The number of fused-ring (bicyclic) bond motifs is 2. The molecule has 0 unspecified atom stereocenters. The molecule has 34 heavy (non-hydrogen) atoms. The van der Waals surface area contributed by atoms with Crippen LogP contribution in [-0.4, -0.2) is 41.5 Å². The van der Waals surface area contributed by atoms with E-state index in [1.807, 2.05) is 29.2 Å². The minimum atomic E-state index is -0.440. The molecular formula is C29H30N2O3. The summed E-state index contributed by atoms with van der Waals surface area (Å²) in [5.74, 6) is 0.0832. The third kappa shape index (κ3) is 4.47. The Bertz CT molecular complexity index is 1270. The summed E-state index contributed by atoms with van der Waals surface area (Å²) in [6.45, 7) is 5.53. The van der Waals surface area contributed by atoms with Crippen LogP contribution in [0.25, 0.3) is 22.6 Å². The summed E-state index contributed by atoms with van der Waals surface area (Å²) in [6, 6.07) is 16.1. The number of likely N-dealkylation sites (tertiary alicyclic amines) is 1. The Morgan fingerprint density at radius 2 is 1.79 bits per heavy atom. The van der Waals surface area contributed by atoms with E-state index < -0.39 is 5.97 Å². The van der Waals surface area contributed by atoms with Crippen LogP contribution in [-0.2, 0) is 16.0 Å². The van der Waals surface area contributed by atoms with Gasteiger partial charge < -0.3 is 9.64 Å². The number of esters is 1. The van der Waals surface area contributed by atoms with Crippen LogP contribution in [0.5, 0.6) is 0 Å². The van der Waals surface area contributed by atoms with E-state index in [4.69, 9.17) is 9.72 Å². The number of aryl methyl sites for hydroxylation is 1. The molecule has 0 spiro atoms. The van der Waals surface area contributed by atoms with E-state index in [2.05, 4.69) is 44.2 Å². The van der Waals surface area contributed by atoms with Crippen LogP contribution < -0.4 is 0 Å². The molecule has 0 atom stereocenters. The number of pyridine rings is 1. The smallest absolute Gasteiger partial charge is 0.339 e. The van der Waals surface area contributed by atoms with Crippen molar-refractivity contribution in [1.29, 1.82) is 0 Å². The molecule has 174 valence electrons. The van der Waals surface area contributed by atoms with Gasteiger partial charge in [-0.1, -0.05) is 55.0 Å². The van der Waals surface area contributed by atoms with Crippen LogP contribution in [0.2, 0.25) is 0 Å². The lowest BCUT2D eigenvalue weighted by Gasteiger charge is -2.30. The average molecular weight is 455 g/mol. The van der Waals surface area contributed by atoms with E-state index in [0.717, 1.165) is 72.1 Å². The summed E-state index contributed by atoms with van der Waals surface area (Å²) in [6.07, 6.45) is 5.70. The summed E-state index contributed by atoms with van der Waals surface area (Å²) in [5.41, 5.74) is 6.56. The summed E-state index contributed by atoms with van der Waals surface area (Å²) in [5, 5.41) is 0.780. The lowest BCUT2D eigenvalue weighted by molar-refractivity contribution is -0.135. The fourth-order valence-electron chi connectivity index (χ4n) is 4.92. The van der Waals surface area contributed by atoms with Crippen LogP contribution in [0.1, 0.15) is 58.9 Å². The second kappa shape index (κ2) is 9.41. The molecule has 5 heteroatoms. The van der Waals surface area contributed by atoms with Gasteiger partial charge in [-0.25, -0.2) is 9.78 Å². The first-order chi connectivity index (χ1) is 16.5. The highest BCUT2D eigenvalue weighted by Crippen LogP contribution is 2.37. The van der Waals surface area contributed by atoms with Crippen molar-refractivity contribution in [3.63, 3.8) is 0 Å². The lowest BCUT2D eigenvalue weighted by atomic mass is 9.99. The molecule has 1 aliphatic carbocycles. The maximum Gasteiger partial charge on any atom is 0.339 e. The predicted octanol–water partition coefficient (Wildman–Crippen LogP) is 5.45. The van der Waals surface area contributed by atoms with E-state index >= 15 is 0 Å². The molecule has 5 nitrogen and oxygen atoms in total. The fraction of sp³-hybridized carbons (Fsp3) is 0.345. The number of para-hydroxylation sites is 1. The normalized spacial score (nSPS) is 17.2. The zero-order valence-electron chi connectivity index (χ0n) is 19.8. The second-order valence-electron chi connectivity index (χ2n) is 9.55. The number of carbonyl (C=O) groups is 2. The van der Waals surface area contributed by atoms with Crippen molar-refractivity contribution in [3.05, 3.63) is 76.5 Å². The molecule has 0 bridgehead atoms. The molecule has 2 aliphatic rings. The Balaban J connectivity index is 1.44. The number of aromatic nitrogens is 1. The summed E-state index contributed by atoms with van der Waals surface area (Å²) >= 11 is 0. The Kier molecular flexibility index (Phi) is 6.18. The number of piperidine rings is 1. The lowest BCUT2D eigenvalue weighted by Crippen LogP contribution is -2.40. The van der Waals surface area contributed by atoms with Crippen molar-refractivity contribution in [2.24, 2.45) is 5.92 Å². The topological polar surface area (TPSA) is 59.5 Å². The van der Waals surface area contributed by atoms with Gasteiger partial charge in [0.1, 0.15) is 0 Å². The molecule has 1 fully saturated rings. The van der Waals surface area contributed by atoms with Gasteiger partial charge in [-0.15, -0.1) is 0 Å². The van der Waals surface area contributed by atoms with Crippen molar-refractivity contribution < 1.29 is 14.3 Å². The number of ether oxygens (including phenoxy) is 1. The first-order valence-electron chi connectivity index (χ1n) is 12.1. The van der Waals surface area contributed by atoms with E-state index in [1.165, 1.54) is 5.56 Å². The van der Waals surface area contributed by atoms with Crippen molar-refractivity contribution in [2.45, 2.75) is 39.5 Å². The molecule has 0 saturated carbocycles. The van der Waals surface area contributed by atoms with Gasteiger partial charge in [-0.05, 0) is 67.4 Å². The SMILES string of the molecule is Cc1ccc(C=C2CCc3c2nc2ccccc2c3C(=O)OCC(=O)N2CCC(C)CC2)cc1. The van der Waals surface area contributed by atoms with Gasteiger partial charge in [-0.3, -0.25) is 4.79 Å². The van der Waals surface area contributed by atoms with Gasteiger partial charge in [0.15, 0.2) is 6.61 Å². The molecule has 0 N–H and O–H groups in total. The van der Waals surface area contributed by atoms with Gasteiger partial charge >= 0.3 is 5.97 Å². The molecule has 0 radical (unpaired) electrons. The Hall–Kier alpha value is -3.47. The maximum absolute atomic E-state index is 13.3. The van der Waals surface area contributed by atoms with Gasteiger partial charge in [0.25, 0.3) is 5.91 Å². The fourth-order valence-corrected chi connectivity index (χ4v) is 4.92. The van der Waals surface area contributed by atoms with Crippen LogP contribution in [0, 0.1) is 12.8 Å². The minimum absolute atomic E-state index is 0.116. The van der Waals surface area contributed by atoms with Crippen molar-refractivity contribution >= 4 is 34.4 Å². The second-order valence-corrected chi connectivity index (χ2v) is 9.55. The zero-order chi connectivity index (χ0) is 23.7. The first kappa shape index (κ1) is 22.3. The highest BCUT2D eigenvalue weighted by molar-refractivity contribution is 6.07. The average Bonchev–Trinajstić information content (AvgIpc) is 3.24. The quantitative estimate of drug-likeness (QED) is 0.492. The van der Waals surface area contributed by atoms with Crippen LogP contribution in [0.3, 0.4) is 0 Å². The van der Waals surface area contributed by atoms with E-state index in [-0.39, 0.29) is 12.5 Å². The molecule has 1 aliphatic heterocycles. The Labute approximate surface area is 200 Å². The molecule has 5 rings (SSSR count). The van der Waals surface area contributed by atoms with Gasteiger partial charge in [0.2, 0.25) is 0 Å². The number of benzene rings is 2. The first-order valence-corrected chi connectivity index (χ1v) is 12.1. The maximum atomic E-state index is 13.3. The highest BCUT2D eigenvalue weighted by atomic mass is 16.5. The van der Waals surface area contributed by atoms with E-state index in [1.54, 1.807) is 0 Å². The van der Waals surface area contributed by atoms with E-state index in [0.29, 0.717) is 11.5 Å². The Morgan fingerprint density at radius 1 is 1.06 bits per heavy atom. The molecule has 3 aromatic rings. The zero-order valence-corrected chi connectivity index (χ0v) is 19.8. The summed E-state index contributed by atoms with van der Waals surface area (Å²) in [4.78, 5) is 32.7. The van der Waals surface area contributed by atoms with Crippen LogP contribution >= 0.6 is 0 Å². The van der Waals surface area contributed by atoms with Gasteiger partial charge in [-0.2, -0.15) is 0 Å².